The molecule has 0 atom stereocenters. The van der Waals surface area contributed by atoms with Crippen LogP contribution in [0.4, 0.5) is 0 Å². The van der Waals surface area contributed by atoms with E-state index in [0.29, 0.717) is 11.6 Å². The first-order valence-corrected chi connectivity index (χ1v) is 9.13. The van der Waals surface area contributed by atoms with Crippen molar-refractivity contribution in [1.82, 2.24) is 14.8 Å². The molecule has 6 heteroatoms. The summed E-state index contributed by atoms with van der Waals surface area (Å²) in [6, 6.07) is 15.6. The van der Waals surface area contributed by atoms with Crippen LogP contribution in [-0.2, 0) is 12.3 Å². The molecular formula is C19H18ClN3OS. The first-order chi connectivity index (χ1) is 12.2. The van der Waals surface area contributed by atoms with Gasteiger partial charge in [0.1, 0.15) is 5.75 Å². The third kappa shape index (κ3) is 4.24. The van der Waals surface area contributed by atoms with E-state index in [9.17, 15) is 0 Å². The summed E-state index contributed by atoms with van der Waals surface area (Å²) in [4.78, 5) is 0. The highest BCUT2D eigenvalue weighted by molar-refractivity contribution is 7.98. The van der Waals surface area contributed by atoms with Gasteiger partial charge in [-0.05, 0) is 42.0 Å². The zero-order valence-electron chi connectivity index (χ0n) is 13.9. The van der Waals surface area contributed by atoms with E-state index in [1.807, 2.05) is 48.5 Å². The molecule has 0 fully saturated rings. The topological polar surface area (TPSA) is 39.9 Å². The predicted molar refractivity (Wildman–Crippen MR) is 103 cm³/mol. The largest absolute Gasteiger partial charge is 0.497 e. The highest BCUT2D eigenvalue weighted by Gasteiger charge is 2.13. The first kappa shape index (κ1) is 17.6. The van der Waals surface area contributed by atoms with E-state index in [-0.39, 0.29) is 0 Å². The van der Waals surface area contributed by atoms with E-state index >= 15 is 0 Å². The Balaban J connectivity index is 1.83. The maximum atomic E-state index is 5.97. The molecule has 0 aliphatic carbocycles. The number of benzene rings is 2. The van der Waals surface area contributed by atoms with Crippen LogP contribution in [0.3, 0.4) is 0 Å². The Bertz CT molecular complexity index is 861. The Morgan fingerprint density at radius 1 is 1.20 bits per heavy atom. The molecule has 0 N–H and O–H groups in total. The lowest BCUT2D eigenvalue weighted by atomic mass is 10.2. The molecule has 3 aromatic rings. The van der Waals surface area contributed by atoms with Gasteiger partial charge in [-0.15, -0.1) is 16.8 Å². The van der Waals surface area contributed by atoms with Crippen molar-refractivity contribution >= 4 is 23.4 Å². The predicted octanol–water partition coefficient (Wildman–Crippen LogP) is 5.09. The van der Waals surface area contributed by atoms with E-state index < -0.39 is 0 Å². The summed E-state index contributed by atoms with van der Waals surface area (Å²) in [6.07, 6.45) is 1.85. The average molecular weight is 372 g/mol. The van der Waals surface area contributed by atoms with Crippen molar-refractivity contribution in [2.45, 2.75) is 17.5 Å². The van der Waals surface area contributed by atoms with Gasteiger partial charge < -0.3 is 4.74 Å². The van der Waals surface area contributed by atoms with E-state index in [1.165, 1.54) is 5.56 Å². The molecule has 0 aliphatic rings. The summed E-state index contributed by atoms with van der Waals surface area (Å²) in [5.41, 5.74) is 2.15. The number of thioether (sulfide) groups is 1. The molecule has 2 aromatic carbocycles. The van der Waals surface area contributed by atoms with Crippen LogP contribution in [0.15, 0.2) is 66.3 Å². The van der Waals surface area contributed by atoms with Gasteiger partial charge in [-0.3, -0.25) is 4.57 Å². The standard InChI is InChI=1S/C19H18ClN3OS/c1-3-11-23-18(15-7-9-16(20)10-8-15)21-22-19(23)25-13-14-5-4-6-17(12-14)24-2/h3-10,12H,1,11,13H2,2H3. The van der Waals surface area contributed by atoms with Gasteiger partial charge in [0.25, 0.3) is 0 Å². The maximum Gasteiger partial charge on any atom is 0.192 e. The molecule has 0 spiro atoms. The second-order valence-electron chi connectivity index (χ2n) is 5.35. The molecule has 0 saturated carbocycles. The minimum Gasteiger partial charge on any atom is -0.497 e. The maximum absolute atomic E-state index is 5.97. The Labute approximate surface area is 156 Å². The summed E-state index contributed by atoms with van der Waals surface area (Å²) in [7, 11) is 1.67. The summed E-state index contributed by atoms with van der Waals surface area (Å²) in [5.74, 6) is 2.45. The average Bonchev–Trinajstić information content (AvgIpc) is 3.04. The number of nitrogens with zero attached hydrogens (tertiary/aromatic N) is 3. The monoisotopic (exact) mass is 371 g/mol. The number of ether oxygens (including phenoxy) is 1. The summed E-state index contributed by atoms with van der Waals surface area (Å²) in [5, 5.41) is 10.3. The van der Waals surface area contributed by atoms with Crippen molar-refractivity contribution in [3.63, 3.8) is 0 Å². The van der Waals surface area contributed by atoms with Crippen molar-refractivity contribution in [3.05, 3.63) is 71.8 Å². The molecule has 0 aliphatic heterocycles. The van der Waals surface area contributed by atoms with Crippen LogP contribution in [0.25, 0.3) is 11.4 Å². The van der Waals surface area contributed by atoms with Crippen LogP contribution >= 0.6 is 23.4 Å². The van der Waals surface area contributed by atoms with E-state index in [1.54, 1.807) is 18.9 Å². The van der Waals surface area contributed by atoms with Gasteiger partial charge in [0.05, 0.1) is 7.11 Å². The molecule has 4 nitrogen and oxygen atoms in total. The number of rotatable bonds is 7. The quantitative estimate of drug-likeness (QED) is 0.428. The zero-order chi connectivity index (χ0) is 17.6. The van der Waals surface area contributed by atoms with Crippen molar-refractivity contribution in [2.75, 3.05) is 7.11 Å². The second-order valence-corrected chi connectivity index (χ2v) is 6.73. The number of methoxy groups -OCH3 is 1. The fraction of sp³-hybridized carbons (Fsp3) is 0.158. The number of aromatic nitrogens is 3. The molecule has 3 rings (SSSR count). The van der Waals surface area contributed by atoms with Gasteiger partial charge >= 0.3 is 0 Å². The lowest BCUT2D eigenvalue weighted by Crippen LogP contribution is -2.00. The van der Waals surface area contributed by atoms with E-state index in [0.717, 1.165) is 28.0 Å². The number of allylic oxidation sites excluding steroid dienone is 1. The van der Waals surface area contributed by atoms with Crippen LogP contribution in [-0.4, -0.2) is 21.9 Å². The lowest BCUT2D eigenvalue weighted by Gasteiger charge is -2.08. The Morgan fingerprint density at radius 2 is 2.00 bits per heavy atom. The Morgan fingerprint density at radius 3 is 2.72 bits per heavy atom. The minimum atomic E-state index is 0.644. The molecule has 1 aromatic heterocycles. The first-order valence-electron chi connectivity index (χ1n) is 7.77. The van der Waals surface area contributed by atoms with Crippen LogP contribution in [0.2, 0.25) is 5.02 Å². The normalized spacial score (nSPS) is 10.6. The van der Waals surface area contributed by atoms with Gasteiger partial charge in [0.2, 0.25) is 0 Å². The third-order valence-corrected chi connectivity index (χ3v) is 4.92. The fourth-order valence-electron chi connectivity index (χ4n) is 2.41. The smallest absolute Gasteiger partial charge is 0.192 e. The van der Waals surface area contributed by atoms with E-state index in [2.05, 4.69) is 27.4 Å². The SMILES string of the molecule is C=CCn1c(SCc2cccc(OC)c2)nnc1-c1ccc(Cl)cc1. The second kappa shape index (κ2) is 8.23. The van der Waals surface area contributed by atoms with Crippen molar-refractivity contribution < 1.29 is 4.74 Å². The highest BCUT2D eigenvalue weighted by atomic mass is 35.5. The van der Waals surface area contributed by atoms with Crippen LogP contribution in [0.1, 0.15) is 5.56 Å². The summed E-state index contributed by atoms with van der Waals surface area (Å²) < 4.78 is 7.33. The molecular weight excluding hydrogens is 354 g/mol. The molecule has 0 radical (unpaired) electrons. The summed E-state index contributed by atoms with van der Waals surface area (Å²) in [6.45, 7) is 4.49. The fourth-order valence-corrected chi connectivity index (χ4v) is 3.43. The van der Waals surface area contributed by atoms with Gasteiger partial charge in [-0.1, -0.05) is 41.6 Å². The lowest BCUT2D eigenvalue weighted by molar-refractivity contribution is 0.414. The molecule has 128 valence electrons. The van der Waals surface area contributed by atoms with E-state index in [4.69, 9.17) is 16.3 Å². The van der Waals surface area contributed by atoms with Gasteiger partial charge in [0.15, 0.2) is 11.0 Å². The summed E-state index contributed by atoms with van der Waals surface area (Å²) >= 11 is 7.61. The van der Waals surface area contributed by atoms with Gasteiger partial charge in [-0.25, -0.2) is 0 Å². The van der Waals surface area contributed by atoms with Crippen molar-refractivity contribution in [2.24, 2.45) is 0 Å². The number of hydrogen-bond acceptors (Lipinski definition) is 4. The third-order valence-electron chi connectivity index (χ3n) is 3.63. The van der Waals surface area contributed by atoms with Gasteiger partial charge in [0, 0.05) is 22.9 Å². The van der Waals surface area contributed by atoms with Crippen molar-refractivity contribution in [1.29, 1.82) is 0 Å². The van der Waals surface area contributed by atoms with Crippen LogP contribution < -0.4 is 4.74 Å². The number of halogens is 1. The Kier molecular flexibility index (Phi) is 5.79. The molecule has 0 amide bonds. The molecule has 25 heavy (non-hydrogen) atoms. The molecule has 0 unspecified atom stereocenters. The minimum absolute atomic E-state index is 0.644. The zero-order valence-corrected chi connectivity index (χ0v) is 15.4. The Hall–Kier alpha value is -2.24. The number of hydrogen-bond donors (Lipinski definition) is 0. The van der Waals surface area contributed by atoms with Crippen molar-refractivity contribution in [3.8, 4) is 17.1 Å². The van der Waals surface area contributed by atoms with Crippen LogP contribution in [0, 0.1) is 0 Å². The molecule has 1 heterocycles. The van der Waals surface area contributed by atoms with Gasteiger partial charge in [-0.2, -0.15) is 0 Å². The highest BCUT2D eigenvalue weighted by Crippen LogP contribution is 2.28. The van der Waals surface area contributed by atoms with Crippen LogP contribution in [0.5, 0.6) is 5.75 Å². The molecule has 0 bridgehead atoms. The molecule has 0 saturated heterocycles.